The van der Waals surface area contributed by atoms with Crippen LogP contribution in [0, 0.1) is 5.92 Å². The lowest BCUT2D eigenvalue weighted by molar-refractivity contribution is -0.118. The molecule has 25 heavy (non-hydrogen) atoms. The number of sulfonamides is 1. The Morgan fingerprint density at radius 2 is 1.88 bits per heavy atom. The molecule has 1 atom stereocenters. The summed E-state index contributed by atoms with van der Waals surface area (Å²) in [4.78, 5) is 12.2. The van der Waals surface area contributed by atoms with Gasteiger partial charge in [0, 0.05) is 24.8 Å². The lowest BCUT2D eigenvalue weighted by atomic mass is 10.0. The van der Waals surface area contributed by atoms with Gasteiger partial charge in [-0.3, -0.25) is 4.79 Å². The van der Waals surface area contributed by atoms with Gasteiger partial charge in [0.15, 0.2) is 0 Å². The molecule has 1 aromatic rings. The van der Waals surface area contributed by atoms with E-state index in [0.29, 0.717) is 18.8 Å². The summed E-state index contributed by atoms with van der Waals surface area (Å²) in [7, 11) is -2.18. The Bertz CT molecular complexity index is 703. The van der Waals surface area contributed by atoms with Gasteiger partial charge in [-0.1, -0.05) is 13.8 Å². The number of nitrogens with zero attached hydrogens (tertiary/aromatic N) is 1. The lowest BCUT2D eigenvalue weighted by Crippen LogP contribution is -2.39. The Labute approximate surface area is 155 Å². The average Bonchev–Trinajstić information content (AvgIpc) is 3.08. The second-order valence-corrected chi connectivity index (χ2v) is 8.14. The van der Waals surface area contributed by atoms with Gasteiger partial charge in [0.2, 0.25) is 15.9 Å². The minimum Gasteiger partial charge on any atom is -0.495 e. The van der Waals surface area contributed by atoms with Crippen LogP contribution < -0.4 is 15.8 Å². The molecule has 3 N–H and O–H groups in total. The highest BCUT2D eigenvalue weighted by atomic mass is 35.5. The van der Waals surface area contributed by atoms with E-state index in [2.05, 4.69) is 5.32 Å². The number of ether oxygens (including phenoxy) is 1. The number of rotatable bonds is 6. The number of halogens is 1. The molecule has 1 heterocycles. The second-order valence-electron chi connectivity index (χ2n) is 6.24. The highest BCUT2D eigenvalue weighted by Gasteiger charge is 2.30. The van der Waals surface area contributed by atoms with Crippen molar-refractivity contribution in [1.82, 2.24) is 4.31 Å². The van der Waals surface area contributed by atoms with E-state index in [-0.39, 0.29) is 34.9 Å². The summed E-state index contributed by atoms with van der Waals surface area (Å²) in [6.45, 7) is 4.76. The molecule has 0 aromatic heterocycles. The molecule has 0 bridgehead atoms. The molecule has 0 spiro atoms. The summed E-state index contributed by atoms with van der Waals surface area (Å²) in [6, 6.07) is 3.89. The molecule has 142 valence electrons. The molecule has 1 aliphatic heterocycles. The van der Waals surface area contributed by atoms with Crippen molar-refractivity contribution in [3.63, 3.8) is 0 Å². The van der Waals surface area contributed by atoms with E-state index in [0.717, 1.165) is 12.8 Å². The average molecular weight is 392 g/mol. The third-order valence-electron chi connectivity index (χ3n) is 4.14. The Morgan fingerprint density at radius 3 is 2.40 bits per heavy atom. The Hall–Kier alpha value is -1.35. The van der Waals surface area contributed by atoms with E-state index < -0.39 is 16.1 Å². The van der Waals surface area contributed by atoms with Crippen LogP contribution in [0.2, 0.25) is 0 Å². The fourth-order valence-electron chi connectivity index (χ4n) is 2.55. The first-order valence-corrected chi connectivity index (χ1v) is 9.46. The van der Waals surface area contributed by atoms with E-state index in [9.17, 15) is 13.2 Å². The van der Waals surface area contributed by atoms with Crippen LogP contribution in [0.25, 0.3) is 0 Å². The minimum atomic E-state index is -3.59. The molecule has 1 aliphatic rings. The SMILES string of the molecule is COc1cc(NC(=O)[C@@H](N)C(C)C)ccc1S(=O)(=O)N1CCCC1.Cl. The summed E-state index contributed by atoms with van der Waals surface area (Å²) in [5, 5.41) is 2.69. The molecule has 7 nitrogen and oxygen atoms in total. The largest absolute Gasteiger partial charge is 0.495 e. The fourth-order valence-corrected chi connectivity index (χ4v) is 4.21. The van der Waals surface area contributed by atoms with E-state index in [1.165, 1.54) is 23.5 Å². The van der Waals surface area contributed by atoms with Crippen molar-refractivity contribution >= 4 is 34.0 Å². The number of anilines is 1. The predicted octanol–water partition coefficient (Wildman–Crippen LogP) is 1.82. The van der Waals surface area contributed by atoms with Crippen LogP contribution in [0.4, 0.5) is 5.69 Å². The molecule has 1 amide bonds. The van der Waals surface area contributed by atoms with Crippen molar-refractivity contribution in [1.29, 1.82) is 0 Å². The van der Waals surface area contributed by atoms with Gasteiger partial charge >= 0.3 is 0 Å². The van der Waals surface area contributed by atoms with Gasteiger partial charge in [0.05, 0.1) is 13.2 Å². The number of nitrogens with one attached hydrogen (secondary N) is 1. The second kappa shape index (κ2) is 8.84. The lowest BCUT2D eigenvalue weighted by Gasteiger charge is -2.19. The molecular formula is C16H26ClN3O4S. The molecule has 2 rings (SSSR count). The van der Waals surface area contributed by atoms with Gasteiger partial charge in [-0.05, 0) is 30.9 Å². The predicted molar refractivity (Wildman–Crippen MR) is 99.7 cm³/mol. The first-order chi connectivity index (χ1) is 11.3. The molecule has 0 saturated carbocycles. The van der Waals surface area contributed by atoms with Crippen molar-refractivity contribution in [2.75, 3.05) is 25.5 Å². The Morgan fingerprint density at radius 1 is 1.28 bits per heavy atom. The fraction of sp³-hybridized carbons (Fsp3) is 0.562. The van der Waals surface area contributed by atoms with Gasteiger partial charge in [-0.15, -0.1) is 12.4 Å². The van der Waals surface area contributed by atoms with Gasteiger partial charge in [0.1, 0.15) is 10.6 Å². The number of nitrogens with two attached hydrogens (primary N) is 1. The quantitative estimate of drug-likeness (QED) is 0.770. The number of benzene rings is 1. The van der Waals surface area contributed by atoms with Crippen LogP contribution in [-0.4, -0.2) is 44.9 Å². The third-order valence-corrected chi connectivity index (χ3v) is 6.07. The highest BCUT2D eigenvalue weighted by molar-refractivity contribution is 7.89. The van der Waals surface area contributed by atoms with Crippen molar-refractivity contribution in [2.24, 2.45) is 11.7 Å². The molecule has 1 aromatic carbocycles. The topological polar surface area (TPSA) is 102 Å². The maximum Gasteiger partial charge on any atom is 0.246 e. The monoisotopic (exact) mass is 391 g/mol. The molecule has 1 saturated heterocycles. The smallest absolute Gasteiger partial charge is 0.246 e. The van der Waals surface area contributed by atoms with E-state index in [1.54, 1.807) is 6.07 Å². The van der Waals surface area contributed by atoms with Crippen LogP contribution in [0.5, 0.6) is 5.75 Å². The summed E-state index contributed by atoms with van der Waals surface area (Å²) < 4.78 is 32.1. The summed E-state index contributed by atoms with van der Waals surface area (Å²) in [6.07, 6.45) is 1.73. The molecule has 0 unspecified atom stereocenters. The Balaban J connectivity index is 0.00000312. The normalized spacial score (nSPS) is 16.4. The molecule has 9 heteroatoms. The van der Waals surface area contributed by atoms with Gasteiger partial charge in [-0.25, -0.2) is 8.42 Å². The van der Waals surface area contributed by atoms with Crippen LogP contribution in [0.1, 0.15) is 26.7 Å². The maximum absolute atomic E-state index is 12.7. The maximum atomic E-state index is 12.7. The molecule has 1 fully saturated rings. The number of hydrogen-bond acceptors (Lipinski definition) is 5. The number of hydrogen-bond donors (Lipinski definition) is 2. The zero-order valence-corrected chi connectivity index (χ0v) is 16.3. The van der Waals surface area contributed by atoms with Gasteiger partial charge in [-0.2, -0.15) is 4.31 Å². The first kappa shape index (κ1) is 21.7. The third kappa shape index (κ3) is 4.84. The number of methoxy groups -OCH3 is 1. The van der Waals surface area contributed by atoms with Crippen molar-refractivity contribution in [3.8, 4) is 5.75 Å². The number of amides is 1. The van der Waals surface area contributed by atoms with Crippen molar-refractivity contribution < 1.29 is 17.9 Å². The van der Waals surface area contributed by atoms with Gasteiger partial charge in [0.25, 0.3) is 0 Å². The summed E-state index contributed by atoms with van der Waals surface area (Å²) in [5.41, 5.74) is 6.27. The summed E-state index contributed by atoms with van der Waals surface area (Å²) >= 11 is 0. The minimum absolute atomic E-state index is 0. The van der Waals surface area contributed by atoms with Crippen LogP contribution in [-0.2, 0) is 14.8 Å². The van der Waals surface area contributed by atoms with Crippen molar-refractivity contribution in [2.45, 2.75) is 37.6 Å². The number of carbonyl (C=O) groups excluding carboxylic acids is 1. The zero-order chi connectivity index (χ0) is 17.9. The number of carbonyl (C=O) groups is 1. The van der Waals surface area contributed by atoms with Crippen molar-refractivity contribution in [3.05, 3.63) is 18.2 Å². The first-order valence-electron chi connectivity index (χ1n) is 8.02. The standard InChI is InChI=1S/C16H25N3O4S.ClH/c1-11(2)15(17)16(20)18-12-6-7-14(13(10-12)23-3)24(21,22)19-8-4-5-9-19;/h6-7,10-11,15H,4-5,8-9,17H2,1-3H3,(H,18,20);1H/t15-;/m0./s1. The van der Waals surface area contributed by atoms with E-state index in [1.807, 2.05) is 13.8 Å². The van der Waals surface area contributed by atoms with Crippen LogP contribution in [0.3, 0.4) is 0 Å². The van der Waals surface area contributed by atoms with Gasteiger partial charge < -0.3 is 15.8 Å². The van der Waals surface area contributed by atoms with E-state index >= 15 is 0 Å². The molecule has 0 radical (unpaired) electrons. The Kier molecular flexibility index (Phi) is 7.67. The molecular weight excluding hydrogens is 366 g/mol. The zero-order valence-electron chi connectivity index (χ0n) is 14.7. The van der Waals surface area contributed by atoms with E-state index in [4.69, 9.17) is 10.5 Å². The summed E-state index contributed by atoms with van der Waals surface area (Å²) in [5.74, 6) is -0.110. The molecule has 0 aliphatic carbocycles. The van der Waals surface area contributed by atoms with Crippen LogP contribution in [0.15, 0.2) is 23.1 Å². The van der Waals surface area contributed by atoms with Crippen LogP contribution >= 0.6 is 12.4 Å². The highest BCUT2D eigenvalue weighted by Crippen LogP contribution is 2.31.